The van der Waals surface area contributed by atoms with Gasteiger partial charge in [0.1, 0.15) is 29.5 Å². The molecule has 13 heteroatoms. The van der Waals surface area contributed by atoms with Crippen molar-refractivity contribution in [3.05, 3.63) is 71.0 Å². The van der Waals surface area contributed by atoms with E-state index in [1.165, 1.54) is 25.4 Å². The van der Waals surface area contributed by atoms with Crippen molar-refractivity contribution >= 4 is 34.9 Å². The van der Waals surface area contributed by atoms with Crippen LogP contribution in [0.2, 0.25) is 5.02 Å². The lowest BCUT2D eigenvalue weighted by Crippen LogP contribution is -2.21. The molecule has 0 spiro atoms. The van der Waals surface area contributed by atoms with Crippen molar-refractivity contribution in [2.24, 2.45) is 5.73 Å². The summed E-state index contributed by atoms with van der Waals surface area (Å²) in [6, 6.07) is 10.0. The first-order valence-corrected chi connectivity index (χ1v) is 10.8. The van der Waals surface area contributed by atoms with Crippen LogP contribution in [-0.4, -0.2) is 37.1 Å². The zero-order chi connectivity index (χ0) is 26.3. The maximum atomic E-state index is 13.3. The molecule has 0 saturated carbocycles. The van der Waals surface area contributed by atoms with Crippen LogP contribution in [0.15, 0.2) is 54.7 Å². The highest BCUT2D eigenvalue weighted by Crippen LogP contribution is 2.40. The van der Waals surface area contributed by atoms with Crippen LogP contribution in [-0.2, 0) is 6.18 Å². The Kier molecular flexibility index (Phi) is 8.56. The van der Waals surface area contributed by atoms with E-state index in [4.69, 9.17) is 26.8 Å². The van der Waals surface area contributed by atoms with E-state index < -0.39 is 28.7 Å². The van der Waals surface area contributed by atoms with Gasteiger partial charge in [0.2, 0.25) is 0 Å². The van der Waals surface area contributed by atoms with Gasteiger partial charge in [-0.05, 0) is 24.3 Å². The van der Waals surface area contributed by atoms with Gasteiger partial charge in [-0.15, -0.1) is 0 Å². The zero-order valence-electron chi connectivity index (χ0n) is 18.8. The van der Waals surface area contributed by atoms with E-state index in [-0.39, 0.29) is 36.0 Å². The molecular formula is C23H21ClF3N5O4. The van der Waals surface area contributed by atoms with E-state index in [9.17, 15) is 22.8 Å². The normalized spacial score (nSPS) is 10.9. The summed E-state index contributed by atoms with van der Waals surface area (Å²) >= 11 is 5.75. The summed E-state index contributed by atoms with van der Waals surface area (Å²) in [4.78, 5) is 28.3. The molecule has 190 valence electrons. The summed E-state index contributed by atoms with van der Waals surface area (Å²) in [5.41, 5.74) is 4.44. The SMILES string of the molecule is CNC(=O)c1cc(Oc2cccc(NC(=O)Nc3cc(C(F)(F)F)c(Cl)cc3OCCN)c2)ccn1. The van der Waals surface area contributed by atoms with Gasteiger partial charge in [0.15, 0.2) is 0 Å². The van der Waals surface area contributed by atoms with Gasteiger partial charge >= 0.3 is 12.2 Å². The third kappa shape index (κ3) is 6.99. The summed E-state index contributed by atoms with van der Waals surface area (Å²) in [6.45, 7) is 0.0904. The highest BCUT2D eigenvalue weighted by atomic mass is 35.5. The van der Waals surface area contributed by atoms with Crippen LogP contribution >= 0.6 is 11.6 Å². The third-order valence-electron chi connectivity index (χ3n) is 4.52. The second-order valence-electron chi connectivity index (χ2n) is 7.13. The summed E-state index contributed by atoms with van der Waals surface area (Å²) in [5, 5.41) is 6.72. The van der Waals surface area contributed by atoms with Crippen molar-refractivity contribution in [2.45, 2.75) is 6.18 Å². The summed E-state index contributed by atoms with van der Waals surface area (Å²) in [5.74, 6) is 0.181. The highest BCUT2D eigenvalue weighted by molar-refractivity contribution is 6.31. The fraction of sp³-hybridized carbons (Fsp3) is 0.174. The van der Waals surface area contributed by atoms with Gasteiger partial charge in [0, 0.05) is 43.7 Å². The summed E-state index contributed by atoms with van der Waals surface area (Å²) in [7, 11) is 1.47. The van der Waals surface area contributed by atoms with Crippen LogP contribution in [0.3, 0.4) is 0 Å². The number of anilines is 2. The number of hydrogen-bond donors (Lipinski definition) is 4. The molecule has 0 unspecified atom stereocenters. The number of hydrogen-bond acceptors (Lipinski definition) is 6. The molecule has 0 bridgehead atoms. The van der Waals surface area contributed by atoms with Crippen LogP contribution in [0, 0.1) is 0 Å². The van der Waals surface area contributed by atoms with Gasteiger partial charge in [-0.3, -0.25) is 9.78 Å². The molecule has 0 aliphatic heterocycles. The number of amides is 3. The van der Waals surface area contributed by atoms with Gasteiger partial charge in [-0.25, -0.2) is 4.79 Å². The predicted octanol–water partition coefficient (Wildman–Crippen LogP) is 4.89. The van der Waals surface area contributed by atoms with E-state index in [2.05, 4.69) is 20.9 Å². The van der Waals surface area contributed by atoms with E-state index in [0.29, 0.717) is 17.6 Å². The lowest BCUT2D eigenvalue weighted by molar-refractivity contribution is -0.137. The number of rotatable bonds is 8. The number of urea groups is 1. The van der Waals surface area contributed by atoms with Gasteiger partial charge < -0.3 is 31.2 Å². The van der Waals surface area contributed by atoms with Crippen LogP contribution in [0.25, 0.3) is 0 Å². The molecule has 0 saturated heterocycles. The van der Waals surface area contributed by atoms with Crippen LogP contribution < -0.4 is 31.2 Å². The maximum Gasteiger partial charge on any atom is 0.417 e. The second-order valence-corrected chi connectivity index (χ2v) is 7.54. The highest BCUT2D eigenvalue weighted by Gasteiger charge is 2.34. The molecule has 9 nitrogen and oxygen atoms in total. The molecule has 3 aromatic rings. The van der Waals surface area contributed by atoms with Crippen LogP contribution in [0.5, 0.6) is 17.2 Å². The van der Waals surface area contributed by atoms with Crippen molar-refractivity contribution in [1.82, 2.24) is 10.3 Å². The molecule has 3 rings (SSSR count). The number of carbonyl (C=O) groups is 2. The maximum absolute atomic E-state index is 13.3. The minimum Gasteiger partial charge on any atom is -0.490 e. The van der Waals surface area contributed by atoms with Crippen molar-refractivity contribution < 1.29 is 32.2 Å². The van der Waals surface area contributed by atoms with Crippen LogP contribution in [0.1, 0.15) is 16.1 Å². The number of nitrogens with one attached hydrogen (secondary N) is 3. The molecule has 5 N–H and O–H groups in total. The predicted molar refractivity (Wildman–Crippen MR) is 128 cm³/mol. The quantitative estimate of drug-likeness (QED) is 0.333. The molecule has 1 heterocycles. The largest absolute Gasteiger partial charge is 0.490 e. The number of pyridine rings is 1. The first-order valence-electron chi connectivity index (χ1n) is 10.4. The zero-order valence-corrected chi connectivity index (χ0v) is 19.5. The number of alkyl halides is 3. The number of aromatic nitrogens is 1. The molecular weight excluding hydrogens is 503 g/mol. The number of halogens is 4. The molecule has 0 radical (unpaired) electrons. The monoisotopic (exact) mass is 523 g/mol. The number of ether oxygens (including phenoxy) is 2. The number of benzene rings is 2. The average molecular weight is 524 g/mol. The van der Waals surface area contributed by atoms with Crippen molar-refractivity contribution in [2.75, 3.05) is 30.8 Å². The number of nitrogens with two attached hydrogens (primary N) is 1. The minimum absolute atomic E-state index is 0.00594. The van der Waals surface area contributed by atoms with E-state index >= 15 is 0 Å². The average Bonchev–Trinajstić information content (AvgIpc) is 2.83. The van der Waals surface area contributed by atoms with Crippen LogP contribution in [0.4, 0.5) is 29.3 Å². The lowest BCUT2D eigenvalue weighted by Gasteiger charge is -2.17. The summed E-state index contributed by atoms with van der Waals surface area (Å²) < 4.78 is 50.9. The molecule has 0 aliphatic carbocycles. The fourth-order valence-corrected chi connectivity index (χ4v) is 3.20. The van der Waals surface area contributed by atoms with Gasteiger partial charge in [0.25, 0.3) is 5.91 Å². The Morgan fingerprint density at radius 3 is 2.53 bits per heavy atom. The molecule has 1 aromatic heterocycles. The molecule has 0 atom stereocenters. The Labute approximate surface area is 208 Å². The molecule has 0 fully saturated rings. The minimum atomic E-state index is -4.74. The number of nitrogens with zero attached hydrogens (tertiary/aromatic N) is 1. The molecule has 36 heavy (non-hydrogen) atoms. The standard InChI is InChI=1S/C23H21ClF3N5O4/c1-29-21(33)19-10-15(5-7-30-19)36-14-4-2-3-13(9-14)31-22(34)32-18-11-16(23(25,26)27)17(24)12-20(18)35-8-6-28/h2-5,7,9-12H,6,8,28H2,1H3,(H,29,33)(H2,31,32,34). The van der Waals surface area contributed by atoms with Gasteiger partial charge in [0.05, 0.1) is 16.3 Å². The Balaban J connectivity index is 1.76. The fourth-order valence-electron chi connectivity index (χ4n) is 2.94. The van der Waals surface area contributed by atoms with E-state index in [1.54, 1.807) is 24.3 Å². The Bertz CT molecular complexity index is 1260. The Hall–Kier alpha value is -4.03. The van der Waals surface area contributed by atoms with Gasteiger partial charge in [-0.2, -0.15) is 13.2 Å². The van der Waals surface area contributed by atoms with Crippen molar-refractivity contribution in [3.63, 3.8) is 0 Å². The lowest BCUT2D eigenvalue weighted by atomic mass is 10.1. The Morgan fingerprint density at radius 2 is 1.83 bits per heavy atom. The van der Waals surface area contributed by atoms with E-state index in [0.717, 1.165) is 6.07 Å². The molecule has 0 aliphatic rings. The molecule has 2 aromatic carbocycles. The van der Waals surface area contributed by atoms with Gasteiger partial charge in [-0.1, -0.05) is 17.7 Å². The second kappa shape index (κ2) is 11.6. The van der Waals surface area contributed by atoms with Crippen molar-refractivity contribution in [3.8, 4) is 17.2 Å². The summed E-state index contributed by atoms with van der Waals surface area (Å²) in [6.07, 6.45) is -3.34. The molecule has 3 amide bonds. The third-order valence-corrected chi connectivity index (χ3v) is 4.83. The van der Waals surface area contributed by atoms with E-state index in [1.807, 2.05) is 0 Å². The first-order chi connectivity index (χ1) is 17.1. The Morgan fingerprint density at radius 1 is 1.08 bits per heavy atom. The number of carbonyl (C=O) groups excluding carboxylic acids is 2. The smallest absolute Gasteiger partial charge is 0.417 e. The van der Waals surface area contributed by atoms with Crippen molar-refractivity contribution in [1.29, 1.82) is 0 Å². The topological polar surface area (TPSA) is 128 Å². The first kappa shape index (κ1) is 26.6.